The van der Waals surface area contributed by atoms with Crippen LogP contribution in [0, 0.1) is 5.92 Å². The number of nitrogens with zero attached hydrogens (tertiary/aromatic N) is 1. The average molecular weight is 355 g/mol. The van der Waals surface area contributed by atoms with E-state index < -0.39 is 0 Å². The molecule has 0 amide bonds. The predicted octanol–water partition coefficient (Wildman–Crippen LogP) is 6.06. The van der Waals surface area contributed by atoms with Gasteiger partial charge in [0.15, 0.2) is 0 Å². The van der Waals surface area contributed by atoms with Crippen LogP contribution in [0.2, 0.25) is 5.15 Å². The van der Waals surface area contributed by atoms with Gasteiger partial charge in [0, 0.05) is 26.1 Å². The molecule has 0 saturated carbocycles. The lowest BCUT2D eigenvalue weighted by Gasteiger charge is -2.08. The van der Waals surface area contributed by atoms with Crippen molar-refractivity contribution in [3.63, 3.8) is 0 Å². The predicted molar refractivity (Wildman–Crippen MR) is 88.4 cm³/mol. The molecule has 1 nitrogen and oxygen atoms in total. The Morgan fingerprint density at radius 1 is 1.21 bits per heavy atom. The van der Waals surface area contributed by atoms with E-state index >= 15 is 0 Å². The molecule has 0 radical (unpaired) electrons. The second kappa shape index (κ2) is 5.04. The summed E-state index contributed by atoms with van der Waals surface area (Å²) >= 11 is 11.6. The standard InChI is InChI=1S/C15H13BrClNS/c1-8(2)7-11-12(16)4-3-9-10-5-6-18-15(17)14(10)19-13(9)11/h3-6,8H,7H2,1-2H3. The van der Waals surface area contributed by atoms with E-state index in [0.29, 0.717) is 11.1 Å². The molecule has 0 saturated heterocycles. The highest BCUT2D eigenvalue weighted by atomic mass is 79.9. The lowest BCUT2D eigenvalue weighted by molar-refractivity contribution is 0.649. The van der Waals surface area contributed by atoms with Gasteiger partial charge in [-0.05, 0) is 30.0 Å². The second-order valence-corrected chi connectivity index (χ2v) is 7.31. The third-order valence-electron chi connectivity index (χ3n) is 3.17. The van der Waals surface area contributed by atoms with Crippen molar-refractivity contribution in [2.75, 3.05) is 0 Å². The summed E-state index contributed by atoms with van der Waals surface area (Å²) in [5, 5.41) is 3.09. The van der Waals surface area contributed by atoms with Crippen LogP contribution in [0.5, 0.6) is 0 Å². The molecule has 4 heteroatoms. The molecule has 3 aromatic rings. The van der Waals surface area contributed by atoms with E-state index in [-0.39, 0.29) is 0 Å². The molecular weight excluding hydrogens is 342 g/mol. The molecule has 1 aromatic carbocycles. The van der Waals surface area contributed by atoms with E-state index in [2.05, 4.69) is 46.9 Å². The van der Waals surface area contributed by atoms with Crippen molar-refractivity contribution in [3.8, 4) is 0 Å². The highest BCUT2D eigenvalue weighted by Gasteiger charge is 2.14. The summed E-state index contributed by atoms with van der Waals surface area (Å²) in [4.78, 5) is 4.18. The molecule has 0 aliphatic heterocycles. The van der Waals surface area contributed by atoms with E-state index in [9.17, 15) is 0 Å². The van der Waals surface area contributed by atoms with Crippen molar-refractivity contribution >= 4 is 59.0 Å². The molecular formula is C15H13BrClNS. The van der Waals surface area contributed by atoms with Crippen LogP contribution in [0.25, 0.3) is 20.2 Å². The SMILES string of the molecule is CC(C)Cc1c(Br)ccc2c1sc1c(Cl)nccc12. The normalized spacial score (nSPS) is 11.8. The molecule has 3 rings (SSSR count). The van der Waals surface area contributed by atoms with Crippen molar-refractivity contribution in [1.29, 1.82) is 0 Å². The number of fused-ring (bicyclic) bond motifs is 3. The third-order valence-corrected chi connectivity index (χ3v) is 5.60. The van der Waals surface area contributed by atoms with Crippen LogP contribution in [0.1, 0.15) is 19.4 Å². The molecule has 0 aliphatic carbocycles. The number of rotatable bonds is 2. The van der Waals surface area contributed by atoms with Crippen LogP contribution < -0.4 is 0 Å². The number of thiophene rings is 1. The minimum Gasteiger partial charge on any atom is -0.243 e. The number of hydrogen-bond acceptors (Lipinski definition) is 2. The molecule has 0 N–H and O–H groups in total. The van der Waals surface area contributed by atoms with Crippen LogP contribution in [0.4, 0.5) is 0 Å². The Balaban J connectivity index is 2.39. The maximum Gasteiger partial charge on any atom is 0.146 e. The van der Waals surface area contributed by atoms with Crippen LogP contribution >= 0.6 is 38.9 Å². The Kier molecular flexibility index (Phi) is 3.54. The highest BCUT2D eigenvalue weighted by Crippen LogP contribution is 2.41. The third kappa shape index (κ3) is 2.28. The molecule has 19 heavy (non-hydrogen) atoms. The molecule has 0 atom stereocenters. The smallest absolute Gasteiger partial charge is 0.146 e. The Hall–Kier alpha value is -0.640. The zero-order valence-corrected chi connectivity index (χ0v) is 13.9. The van der Waals surface area contributed by atoms with E-state index in [4.69, 9.17) is 11.6 Å². The highest BCUT2D eigenvalue weighted by molar-refractivity contribution is 9.10. The minimum absolute atomic E-state index is 0.602. The zero-order valence-electron chi connectivity index (χ0n) is 10.7. The van der Waals surface area contributed by atoms with Gasteiger partial charge in [-0.1, -0.05) is 47.4 Å². The van der Waals surface area contributed by atoms with Crippen molar-refractivity contribution < 1.29 is 0 Å². The second-order valence-electron chi connectivity index (χ2n) is 5.08. The molecule has 98 valence electrons. The van der Waals surface area contributed by atoms with E-state index in [1.807, 2.05) is 6.07 Å². The Bertz CT molecular complexity index is 764. The molecule has 0 fully saturated rings. The maximum absolute atomic E-state index is 6.21. The minimum atomic E-state index is 0.602. The fourth-order valence-corrected chi connectivity index (χ4v) is 4.50. The topological polar surface area (TPSA) is 12.9 Å². The van der Waals surface area contributed by atoms with Crippen LogP contribution in [-0.4, -0.2) is 4.98 Å². The molecule has 0 spiro atoms. The van der Waals surface area contributed by atoms with E-state index in [1.54, 1.807) is 17.5 Å². The van der Waals surface area contributed by atoms with Crippen molar-refractivity contribution in [1.82, 2.24) is 4.98 Å². The Morgan fingerprint density at radius 3 is 2.68 bits per heavy atom. The van der Waals surface area contributed by atoms with Gasteiger partial charge >= 0.3 is 0 Å². The maximum atomic E-state index is 6.21. The summed E-state index contributed by atoms with van der Waals surface area (Å²) in [5.41, 5.74) is 1.38. The Labute approximate surface area is 129 Å². The molecule has 0 unspecified atom stereocenters. The van der Waals surface area contributed by atoms with Gasteiger partial charge in [0.2, 0.25) is 0 Å². The summed E-state index contributed by atoms with van der Waals surface area (Å²) in [6.45, 7) is 4.49. The first-order chi connectivity index (χ1) is 9.08. The lowest BCUT2D eigenvalue weighted by atomic mass is 10.0. The fourth-order valence-electron chi connectivity index (χ4n) is 2.36. The lowest BCUT2D eigenvalue weighted by Crippen LogP contribution is -1.95. The largest absolute Gasteiger partial charge is 0.243 e. The first-order valence-electron chi connectivity index (χ1n) is 6.22. The fraction of sp³-hybridized carbons (Fsp3) is 0.267. The molecule has 2 aromatic heterocycles. The first kappa shape index (κ1) is 13.3. The van der Waals surface area contributed by atoms with Crippen molar-refractivity contribution in [2.45, 2.75) is 20.3 Å². The molecule has 0 bridgehead atoms. The van der Waals surface area contributed by atoms with Gasteiger partial charge in [-0.3, -0.25) is 0 Å². The first-order valence-corrected chi connectivity index (χ1v) is 8.20. The van der Waals surface area contributed by atoms with Gasteiger partial charge in [0.05, 0.1) is 4.70 Å². The average Bonchev–Trinajstić information content (AvgIpc) is 2.73. The van der Waals surface area contributed by atoms with Gasteiger partial charge in [-0.15, -0.1) is 11.3 Å². The summed E-state index contributed by atoms with van der Waals surface area (Å²) in [6.07, 6.45) is 2.84. The zero-order chi connectivity index (χ0) is 13.6. The monoisotopic (exact) mass is 353 g/mol. The van der Waals surface area contributed by atoms with E-state index in [1.165, 1.54) is 25.5 Å². The van der Waals surface area contributed by atoms with Crippen LogP contribution in [0.3, 0.4) is 0 Å². The summed E-state index contributed by atoms with van der Waals surface area (Å²) in [5.74, 6) is 0.626. The quantitative estimate of drug-likeness (QED) is 0.509. The number of halogens is 2. The number of pyridine rings is 1. The van der Waals surface area contributed by atoms with E-state index in [0.717, 1.165) is 11.1 Å². The van der Waals surface area contributed by atoms with Gasteiger partial charge in [-0.25, -0.2) is 4.98 Å². The summed E-state index contributed by atoms with van der Waals surface area (Å²) < 4.78 is 3.60. The molecule has 2 heterocycles. The van der Waals surface area contributed by atoms with Gasteiger partial charge in [-0.2, -0.15) is 0 Å². The van der Waals surface area contributed by atoms with Crippen LogP contribution in [0.15, 0.2) is 28.9 Å². The van der Waals surface area contributed by atoms with Crippen molar-refractivity contribution in [2.24, 2.45) is 5.92 Å². The Morgan fingerprint density at radius 2 is 1.95 bits per heavy atom. The van der Waals surface area contributed by atoms with Crippen LogP contribution in [-0.2, 0) is 6.42 Å². The van der Waals surface area contributed by atoms with Gasteiger partial charge < -0.3 is 0 Å². The molecule has 0 aliphatic rings. The number of hydrogen-bond donors (Lipinski definition) is 0. The summed E-state index contributed by atoms with van der Waals surface area (Å²) in [7, 11) is 0. The van der Waals surface area contributed by atoms with Gasteiger partial charge in [0.25, 0.3) is 0 Å². The summed E-state index contributed by atoms with van der Waals surface area (Å²) in [6, 6.07) is 6.35. The van der Waals surface area contributed by atoms with Gasteiger partial charge in [0.1, 0.15) is 5.15 Å². The number of aromatic nitrogens is 1. The number of benzene rings is 1. The van der Waals surface area contributed by atoms with Crippen molar-refractivity contribution in [3.05, 3.63) is 39.6 Å².